The minimum Gasteiger partial charge on any atom is -0.481 e. The predicted octanol–water partition coefficient (Wildman–Crippen LogP) is 2.70. The van der Waals surface area contributed by atoms with Gasteiger partial charge in [-0.1, -0.05) is 23.7 Å². The Morgan fingerprint density at radius 3 is 2.30 bits per heavy atom. The van der Waals surface area contributed by atoms with Gasteiger partial charge in [0.15, 0.2) is 0 Å². The number of nitrogens with zero attached hydrogens (tertiary/aromatic N) is 1. The lowest BCUT2D eigenvalue weighted by Crippen LogP contribution is -2.49. The highest BCUT2D eigenvalue weighted by Gasteiger charge is 2.29. The number of nitrogens with one attached hydrogen (secondary N) is 1. The van der Waals surface area contributed by atoms with Gasteiger partial charge in [-0.15, -0.1) is 0 Å². The molecule has 23 heavy (non-hydrogen) atoms. The van der Waals surface area contributed by atoms with Gasteiger partial charge in [0, 0.05) is 5.02 Å². The van der Waals surface area contributed by atoms with Crippen LogP contribution < -0.4 is 5.32 Å². The quantitative estimate of drug-likeness (QED) is 0.866. The molecular formula is C17H23ClN2O3. The average molecular weight is 339 g/mol. The van der Waals surface area contributed by atoms with E-state index >= 15 is 0 Å². The first-order chi connectivity index (χ1) is 10.9. The molecule has 2 atom stereocenters. The van der Waals surface area contributed by atoms with Crippen molar-refractivity contribution in [2.45, 2.75) is 38.8 Å². The van der Waals surface area contributed by atoms with Gasteiger partial charge in [0.05, 0.1) is 18.0 Å². The number of hydrogen-bond acceptors (Lipinski definition) is 3. The van der Waals surface area contributed by atoms with Gasteiger partial charge in [-0.3, -0.25) is 14.5 Å². The molecule has 1 aromatic carbocycles. The molecule has 1 aliphatic rings. The molecule has 0 saturated carbocycles. The Morgan fingerprint density at radius 2 is 1.78 bits per heavy atom. The van der Waals surface area contributed by atoms with Crippen molar-refractivity contribution in [1.82, 2.24) is 10.2 Å². The Kier molecular flexibility index (Phi) is 6.02. The van der Waals surface area contributed by atoms with E-state index in [1.54, 1.807) is 12.1 Å². The SMILES string of the molecule is CC(NC(=O)C(C)N1CCC(C(=O)O)CC1)c1ccc(Cl)cc1. The number of amides is 1. The van der Waals surface area contributed by atoms with Crippen LogP contribution in [0.3, 0.4) is 0 Å². The van der Waals surface area contributed by atoms with Gasteiger partial charge >= 0.3 is 5.97 Å². The molecule has 1 fully saturated rings. The Morgan fingerprint density at radius 1 is 1.22 bits per heavy atom. The number of benzene rings is 1. The molecule has 1 heterocycles. The fourth-order valence-electron chi connectivity index (χ4n) is 2.87. The molecule has 0 bridgehead atoms. The van der Waals surface area contributed by atoms with Crippen LogP contribution in [0.1, 0.15) is 38.3 Å². The van der Waals surface area contributed by atoms with Crippen LogP contribution in [0.5, 0.6) is 0 Å². The summed E-state index contributed by atoms with van der Waals surface area (Å²) in [4.78, 5) is 25.4. The van der Waals surface area contributed by atoms with Crippen LogP contribution in [0.25, 0.3) is 0 Å². The molecule has 1 amide bonds. The maximum Gasteiger partial charge on any atom is 0.306 e. The Labute approximate surface area is 141 Å². The Bertz CT molecular complexity index is 553. The molecule has 1 saturated heterocycles. The van der Waals surface area contributed by atoms with Gasteiger partial charge in [-0.25, -0.2) is 0 Å². The van der Waals surface area contributed by atoms with Crippen LogP contribution in [0.2, 0.25) is 5.02 Å². The van der Waals surface area contributed by atoms with E-state index in [0.717, 1.165) is 5.56 Å². The van der Waals surface area contributed by atoms with E-state index < -0.39 is 5.97 Å². The number of carboxylic acids is 1. The van der Waals surface area contributed by atoms with Crippen LogP contribution in [-0.2, 0) is 9.59 Å². The Balaban J connectivity index is 1.87. The number of hydrogen-bond donors (Lipinski definition) is 2. The summed E-state index contributed by atoms with van der Waals surface area (Å²) in [5.41, 5.74) is 1.000. The van der Waals surface area contributed by atoms with Crippen molar-refractivity contribution in [3.05, 3.63) is 34.9 Å². The van der Waals surface area contributed by atoms with Crippen LogP contribution in [0, 0.1) is 5.92 Å². The second kappa shape index (κ2) is 7.79. The monoisotopic (exact) mass is 338 g/mol. The smallest absolute Gasteiger partial charge is 0.306 e. The zero-order chi connectivity index (χ0) is 17.0. The van der Waals surface area contributed by atoms with E-state index in [2.05, 4.69) is 5.32 Å². The Hall–Kier alpha value is -1.59. The van der Waals surface area contributed by atoms with Gasteiger partial charge < -0.3 is 10.4 Å². The molecule has 5 nitrogen and oxygen atoms in total. The third-order valence-electron chi connectivity index (χ3n) is 4.53. The summed E-state index contributed by atoms with van der Waals surface area (Å²) in [5.74, 6) is -1.06. The molecule has 1 aliphatic heterocycles. The van der Waals surface area contributed by atoms with E-state index in [1.807, 2.05) is 30.9 Å². The minimum absolute atomic E-state index is 0.0405. The van der Waals surface area contributed by atoms with Gasteiger partial charge in [0.1, 0.15) is 0 Å². The van der Waals surface area contributed by atoms with Crippen molar-refractivity contribution >= 4 is 23.5 Å². The molecule has 2 N–H and O–H groups in total. The van der Waals surface area contributed by atoms with Gasteiger partial charge in [-0.2, -0.15) is 0 Å². The second-order valence-corrected chi connectivity index (χ2v) is 6.54. The van der Waals surface area contributed by atoms with E-state index in [0.29, 0.717) is 31.0 Å². The third kappa shape index (κ3) is 4.69. The zero-order valence-electron chi connectivity index (χ0n) is 13.5. The number of carboxylic acid groups (broad SMARTS) is 1. The number of likely N-dealkylation sites (tertiary alicyclic amines) is 1. The molecule has 0 spiro atoms. The summed E-state index contributed by atoms with van der Waals surface area (Å²) in [7, 11) is 0. The largest absolute Gasteiger partial charge is 0.481 e. The minimum atomic E-state index is -0.738. The number of piperidine rings is 1. The fourth-order valence-corrected chi connectivity index (χ4v) is 2.99. The molecule has 1 aromatic rings. The molecule has 0 radical (unpaired) electrons. The zero-order valence-corrected chi connectivity index (χ0v) is 14.2. The highest BCUT2D eigenvalue weighted by atomic mass is 35.5. The van der Waals surface area contributed by atoms with E-state index in [-0.39, 0.29) is 23.9 Å². The predicted molar refractivity (Wildman–Crippen MR) is 89.4 cm³/mol. The van der Waals surface area contributed by atoms with Crippen molar-refractivity contribution in [1.29, 1.82) is 0 Å². The van der Waals surface area contributed by atoms with Crippen molar-refractivity contribution in [3.63, 3.8) is 0 Å². The normalized spacial score (nSPS) is 19.1. The standard InChI is InChI=1S/C17H23ClN2O3/c1-11(13-3-5-15(18)6-4-13)19-16(21)12(2)20-9-7-14(8-10-20)17(22)23/h3-6,11-12,14H,7-10H2,1-2H3,(H,19,21)(H,22,23). The topological polar surface area (TPSA) is 69.6 Å². The molecular weight excluding hydrogens is 316 g/mol. The van der Waals surface area contributed by atoms with Crippen LogP contribution in [-0.4, -0.2) is 41.0 Å². The number of rotatable bonds is 5. The summed E-state index contributed by atoms with van der Waals surface area (Å²) in [5, 5.41) is 12.7. The number of carbonyl (C=O) groups excluding carboxylic acids is 1. The van der Waals surface area contributed by atoms with Crippen LogP contribution in [0.15, 0.2) is 24.3 Å². The lowest BCUT2D eigenvalue weighted by Gasteiger charge is -2.34. The van der Waals surface area contributed by atoms with Crippen LogP contribution >= 0.6 is 11.6 Å². The van der Waals surface area contributed by atoms with E-state index in [4.69, 9.17) is 16.7 Å². The fraction of sp³-hybridized carbons (Fsp3) is 0.529. The summed E-state index contributed by atoms with van der Waals surface area (Å²) >= 11 is 5.87. The van der Waals surface area contributed by atoms with Crippen molar-refractivity contribution in [2.75, 3.05) is 13.1 Å². The van der Waals surface area contributed by atoms with Gasteiger partial charge in [-0.05, 0) is 57.5 Å². The van der Waals surface area contributed by atoms with Crippen molar-refractivity contribution in [3.8, 4) is 0 Å². The summed E-state index contributed by atoms with van der Waals surface area (Å²) in [6.07, 6.45) is 1.19. The molecule has 2 unspecified atom stereocenters. The maximum absolute atomic E-state index is 12.4. The molecule has 0 aromatic heterocycles. The summed E-state index contributed by atoms with van der Waals surface area (Å²) in [6, 6.07) is 7.05. The van der Waals surface area contributed by atoms with E-state index in [9.17, 15) is 9.59 Å². The first-order valence-electron chi connectivity index (χ1n) is 7.91. The average Bonchev–Trinajstić information content (AvgIpc) is 2.54. The van der Waals surface area contributed by atoms with E-state index in [1.165, 1.54) is 0 Å². The van der Waals surface area contributed by atoms with Crippen molar-refractivity contribution in [2.24, 2.45) is 5.92 Å². The first kappa shape index (κ1) is 17.8. The van der Waals surface area contributed by atoms with Crippen molar-refractivity contribution < 1.29 is 14.7 Å². The number of carbonyl (C=O) groups is 2. The number of aliphatic carboxylic acids is 1. The van der Waals surface area contributed by atoms with Gasteiger partial charge in [0.2, 0.25) is 5.91 Å². The number of halogens is 1. The lowest BCUT2D eigenvalue weighted by molar-refractivity contribution is -0.143. The second-order valence-electron chi connectivity index (χ2n) is 6.11. The maximum atomic E-state index is 12.4. The molecule has 2 rings (SSSR count). The summed E-state index contributed by atoms with van der Waals surface area (Å²) < 4.78 is 0. The first-order valence-corrected chi connectivity index (χ1v) is 8.29. The highest BCUT2D eigenvalue weighted by Crippen LogP contribution is 2.20. The summed E-state index contributed by atoms with van der Waals surface area (Å²) in [6.45, 7) is 5.08. The lowest BCUT2D eigenvalue weighted by atomic mass is 9.96. The van der Waals surface area contributed by atoms with Gasteiger partial charge in [0.25, 0.3) is 0 Å². The molecule has 126 valence electrons. The molecule has 6 heteroatoms. The third-order valence-corrected chi connectivity index (χ3v) is 4.79. The van der Waals surface area contributed by atoms with Crippen LogP contribution in [0.4, 0.5) is 0 Å². The highest BCUT2D eigenvalue weighted by molar-refractivity contribution is 6.30. The molecule has 0 aliphatic carbocycles.